The van der Waals surface area contributed by atoms with E-state index in [1.54, 1.807) is 0 Å². The number of aromatic amines is 1. The Morgan fingerprint density at radius 3 is 1.71 bits per heavy atom. The quantitative estimate of drug-likeness (QED) is 0.0566. The van der Waals surface area contributed by atoms with E-state index >= 15 is 0 Å². The van der Waals surface area contributed by atoms with Crippen LogP contribution in [-0.2, 0) is 44.8 Å². The van der Waals surface area contributed by atoms with E-state index in [1.807, 2.05) is 10.6 Å². The molecule has 1 aromatic rings. The van der Waals surface area contributed by atoms with Crippen LogP contribution in [0.3, 0.4) is 0 Å². The number of nitrogens with one attached hydrogen (secondary N) is 7. The van der Waals surface area contributed by atoms with Gasteiger partial charge in [-0.3, -0.25) is 33.6 Å². The number of carboxylic acids is 2. The molecule has 274 valence electrons. The predicted octanol–water partition coefficient (Wildman–Crippen LogP) is -6.60. The summed E-state index contributed by atoms with van der Waals surface area (Å²) >= 11 is 0. The third-order valence-corrected chi connectivity index (χ3v) is 6.77. The molecule has 1 heterocycles. The Balaban J connectivity index is 3.04. The molecule has 1 aromatic heterocycles. The van der Waals surface area contributed by atoms with Gasteiger partial charge in [-0.05, 0) is 12.8 Å². The number of nitrogens with two attached hydrogens (primary N) is 1. The second-order valence-electron chi connectivity index (χ2n) is 11.1. The number of carbonyl (C=O) groups is 8. The molecule has 7 atom stereocenters. The fraction of sp³-hybridized carbons (Fsp3) is 0.593. The molecular weight excluding hydrogens is 658 g/mol. The summed E-state index contributed by atoms with van der Waals surface area (Å²) in [5.41, 5.74) is 5.96. The van der Waals surface area contributed by atoms with Crippen LogP contribution < -0.4 is 37.6 Å². The number of H-pyrrole nitrogens is 1. The summed E-state index contributed by atoms with van der Waals surface area (Å²) in [5.74, 6) is -9.97. The number of aromatic nitrogens is 2. The van der Waals surface area contributed by atoms with Crippen LogP contribution in [0.15, 0.2) is 12.5 Å². The highest BCUT2D eigenvalue weighted by Gasteiger charge is 2.34. The Bertz CT molecular complexity index is 1320. The van der Waals surface area contributed by atoms with Crippen LogP contribution in [0, 0.1) is 5.92 Å². The molecule has 0 spiro atoms. The second kappa shape index (κ2) is 20.2. The molecule has 1 rings (SSSR count). The van der Waals surface area contributed by atoms with Crippen molar-refractivity contribution in [3.05, 3.63) is 18.2 Å². The van der Waals surface area contributed by atoms with E-state index in [-0.39, 0.29) is 6.42 Å². The molecule has 0 saturated heterocycles. The minimum Gasteiger partial charge on any atom is -0.481 e. The van der Waals surface area contributed by atoms with Gasteiger partial charge in [-0.1, -0.05) is 13.8 Å². The van der Waals surface area contributed by atoms with Gasteiger partial charge >= 0.3 is 11.9 Å². The van der Waals surface area contributed by atoms with E-state index in [0.29, 0.717) is 5.69 Å². The van der Waals surface area contributed by atoms with Crippen LogP contribution in [0.5, 0.6) is 0 Å². The molecule has 6 amide bonds. The minimum atomic E-state index is -1.85. The van der Waals surface area contributed by atoms with Gasteiger partial charge in [-0.15, -0.1) is 0 Å². The number of amides is 6. The fourth-order valence-corrected chi connectivity index (χ4v) is 3.95. The lowest BCUT2D eigenvalue weighted by atomic mass is 10.0. The standard InChI is InChI=1S/C27H43N9O13/c1-11(2)20(26(47)33-16(5-19(40)41)24(45)34-17(8-38)25(46)35-18(9-39)27(48)49)36-21(42)12(3)31-23(44)15(4-13-6-29-10-30-13)32-22(43)14(28)7-37/h6,10-12,14-18,20,37-39H,4-5,7-9,28H2,1-3H3,(H,29,30)(H,31,44)(H,32,43)(H,33,47)(H,34,45)(H,35,46)(H,36,42)(H,40,41)(H,48,49). The topological polar surface area (TPSA) is 365 Å². The molecule has 49 heavy (non-hydrogen) atoms. The van der Waals surface area contributed by atoms with Gasteiger partial charge in [0.25, 0.3) is 0 Å². The molecule has 0 aromatic carbocycles. The lowest BCUT2D eigenvalue weighted by Crippen LogP contribution is -2.61. The van der Waals surface area contributed by atoms with E-state index in [2.05, 4.69) is 31.2 Å². The maximum Gasteiger partial charge on any atom is 0.328 e. The Morgan fingerprint density at radius 1 is 0.694 bits per heavy atom. The molecule has 7 unspecified atom stereocenters. The van der Waals surface area contributed by atoms with Crippen molar-refractivity contribution in [1.29, 1.82) is 0 Å². The first-order valence-corrected chi connectivity index (χ1v) is 14.8. The Kier molecular flexibility index (Phi) is 17.3. The van der Waals surface area contributed by atoms with E-state index in [9.17, 15) is 48.6 Å². The Morgan fingerprint density at radius 2 is 1.22 bits per heavy atom. The number of hydrogen-bond acceptors (Lipinski definition) is 13. The first-order chi connectivity index (χ1) is 22.9. The summed E-state index contributed by atoms with van der Waals surface area (Å²) in [6.07, 6.45) is 1.61. The predicted molar refractivity (Wildman–Crippen MR) is 164 cm³/mol. The van der Waals surface area contributed by atoms with E-state index in [0.717, 1.165) is 0 Å². The van der Waals surface area contributed by atoms with Crippen LogP contribution in [0.1, 0.15) is 32.9 Å². The van der Waals surface area contributed by atoms with Gasteiger partial charge < -0.3 is 68.2 Å². The molecule has 0 radical (unpaired) electrons. The zero-order valence-corrected chi connectivity index (χ0v) is 26.8. The number of rotatable bonds is 21. The molecule has 0 aliphatic rings. The van der Waals surface area contributed by atoms with Crippen LogP contribution in [0.25, 0.3) is 0 Å². The van der Waals surface area contributed by atoms with Gasteiger partial charge in [0.2, 0.25) is 35.4 Å². The largest absolute Gasteiger partial charge is 0.481 e. The molecule has 0 aliphatic heterocycles. The van der Waals surface area contributed by atoms with Crippen LogP contribution in [0.2, 0.25) is 0 Å². The molecular formula is C27H43N9O13. The first-order valence-electron chi connectivity index (χ1n) is 14.8. The normalized spacial score (nSPS) is 15.3. The van der Waals surface area contributed by atoms with Crippen molar-refractivity contribution in [2.45, 2.75) is 75.9 Å². The first kappa shape index (κ1) is 41.8. The zero-order valence-electron chi connectivity index (χ0n) is 26.8. The molecule has 22 heteroatoms. The average molecular weight is 702 g/mol. The number of aliphatic carboxylic acids is 2. The number of nitrogens with zero attached hydrogens (tertiary/aromatic N) is 1. The third kappa shape index (κ3) is 13.8. The molecule has 14 N–H and O–H groups in total. The summed E-state index contributed by atoms with van der Waals surface area (Å²) in [5, 5.41) is 59.3. The van der Waals surface area contributed by atoms with Crippen molar-refractivity contribution >= 4 is 47.4 Å². The molecule has 22 nitrogen and oxygen atoms in total. The molecule has 0 fully saturated rings. The lowest BCUT2D eigenvalue weighted by molar-refractivity contribution is -0.144. The SMILES string of the molecule is CC(NC(=O)C(Cc1cnc[nH]1)NC(=O)C(N)CO)C(=O)NC(C(=O)NC(CC(=O)O)C(=O)NC(CO)C(=O)NC(CO)C(=O)O)C(C)C. The van der Waals surface area contributed by atoms with Gasteiger partial charge in [0.1, 0.15) is 42.3 Å². The summed E-state index contributed by atoms with van der Waals surface area (Å²) in [6, 6.07) is -10.8. The van der Waals surface area contributed by atoms with E-state index in [1.165, 1.54) is 33.3 Å². The number of imidazole rings is 1. The van der Waals surface area contributed by atoms with Crippen LogP contribution in [0.4, 0.5) is 0 Å². The summed E-state index contributed by atoms with van der Waals surface area (Å²) in [6.45, 7) is 1.49. The monoisotopic (exact) mass is 701 g/mol. The smallest absolute Gasteiger partial charge is 0.328 e. The Labute approximate surface area is 279 Å². The number of carboxylic acid groups (broad SMARTS) is 2. The molecule has 0 aliphatic carbocycles. The van der Waals surface area contributed by atoms with Crippen LogP contribution >= 0.6 is 0 Å². The molecule has 0 saturated carbocycles. The van der Waals surface area contributed by atoms with E-state index < -0.39 is 122 Å². The van der Waals surface area contributed by atoms with Crippen molar-refractivity contribution in [3.8, 4) is 0 Å². The third-order valence-electron chi connectivity index (χ3n) is 6.77. The van der Waals surface area contributed by atoms with Gasteiger partial charge in [-0.25, -0.2) is 9.78 Å². The van der Waals surface area contributed by atoms with Gasteiger partial charge in [0.05, 0.1) is 32.6 Å². The zero-order chi connectivity index (χ0) is 37.4. The molecule has 0 bridgehead atoms. The number of carbonyl (C=O) groups excluding carboxylic acids is 6. The van der Waals surface area contributed by atoms with E-state index in [4.69, 9.17) is 21.1 Å². The second-order valence-corrected chi connectivity index (χ2v) is 11.1. The number of aliphatic hydroxyl groups excluding tert-OH is 3. The van der Waals surface area contributed by atoms with Crippen molar-refractivity contribution in [2.75, 3.05) is 19.8 Å². The van der Waals surface area contributed by atoms with Crippen LogP contribution in [-0.4, -0.2) is 145 Å². The summed E-state index contributed by atoms with van der Waals surface area (Å²) in [7, 11) is 0. The highest BCUT2D eigenvalue weighted by molar-refractivity contribution is 5.98. The number of hydrogen-bond donors (Lipinski definition) is 13. The van der Waals surface area contributed by atoms with Gasteiger partial charge in [-0.2, -0.15) is 0 Å². The van der Waals surface area contributed by atoms with Crippen molar-refractivity contribution in [3.63, 3.8) is 0 Å². The fourth-order valence-electron chi connectivity index (χ4n) is 3.95. The van der Waals surface area contributed by atoms with Crippen molar-refractivity contribution in [1.82, 2.24) is 41.9 Å². The van der Waals surface area contributed by atoms with Gasteiger partial charge in [0.15, 0.2) is 0 Å². The highest BCUT2D eigenvalue weighted by atomic mass is 16.4. The highest BCUT2D eigenvalue weighted by Crippen LogP contribution is 2.06. The van der Waals surface area contributed by atoms with Crippen molar-refractivity contribution < 1.29 is 63.9 Å². The number of aliphatic hydroxyl groups is 3. The average Bonchev–Trinajstić information content (AvgIpc) is 3.55. The van der Waals surface area contributed by atoms with Crippen molar-refractivity contribution in [2.24, 2.45) is 11.7 Å². The minimum absolute atomic E-state index is 0.103. The summed E-state index contributed by atoms with van der Waals surface area (Å²) < 4.78 is 0. The maximum atomic E-state index is 13.2. The van der Waals surface area contributed by atoms with Gasteiger partial charge in [0, 0.05) is 18.3 Å². The Hall–Kier alpha value is -5.19. The summed E-state index contributed by atoms with van der Waals surface area (Å²) in [4.78, 5) is 106. The lowest BCUT2D eigenvalue weighted by Gasteiger charge is -2.27. The maximum absolute atomic E-state index is 13.2.